The third-order valence-electron chi connectivity index (χ3n) is 3.54. The molecule has 0 saturated carbocycles. The number of hydrogen-bond acceptors (Lipinski definition) is 6. The lowest BCUT2D eigenvalue weighted by Crippen LogP contribution is -2.10. The molecule has 3 aromatic rings. The van der Waals surface area contributed by atoms with E-state index in [1.54, 1.807) is 6.07 Å². The van der Waals surface area contributed by atoms with E-state index >= 15 is 0 Å². The van der Waals surface area contributed by atoms with Crippen molar-refractivity contribution in [3.8, 4) is 11.5 Å². The predicted octanol–water partition coefficient (Wildman–Crippen LogP) is 4.11. The molecule has 0 heterocycles. The first kappa shape index (κ1) is 17.0. The number of azide groups is 1. The Bertz CT molecular complexity index is 1210. The average Bonchev–Trinajstić information content (AvgIpc) is 2.62. The lowest BCUT2D eigenvalue weighted by atomic mass is 10.1. The molecule has 26 heavy (non-hydrogen) atoms. The minimum Gasteiger partial charge on any atom is -0.867 e. The fourth-order valence-electron chi connectivity index (χ4n) is 2.44. The summed E-state index contributed by atoms with van der Waals surface area (Å²) in [6.45, 7) is 0. The lowest BCUT2D eigenvalue weighted by molar-refractivity contribution is -0.266. The Morgan fingerprint density at radius 1 is 1.04 bits per heavy atom. The zero-order valence-corrected chi connectivity index (χ0v) is 13.8. The number of diazo groups is 1. The lowest BCUT2D eigenvalue weighted by Gasteiger charge is -2.11. The quantitative estimate of drug-likeness (QED) is 0.224. The Balaban J connectivity index is 2.18. The van der Waals surface area contributed by atoms with Crippen molar-refractivity contribution < 1.29 is 17.7 Å². The molecule has 0 unspecified atom stereocenters. The highest BCUT2D eigenvalue weighted by Gasteiger charge is 2.24. The Kier molecular flexibility index (Phi) is 4.33. The summed E-state index contributed by atoms with van der Waals surface area (Å²) in [5, 5.41) is 24.5. The molecule has 3 aromatic carbocycles. The van der Waals surface area contributed by atoms with E-state index in [1.165, 1.54) is 42.5 Å². The first-order valence-electron chi connectivity index (χ1n) is 7.14. The third-order valence-corrected chi connectivity index (χ3v) is 4.84. The van der Waals surface area contributed by atoms with Crippen LogP contribution in [-0.4, -0.2) is 8.42 Å². The van der Waals surface area contributed by atoms with E-state index in [-0.39, 0.29) is 32.8 Å². The van der Waals surface area contributed by atoms with E-state index in [2.05, 4.69) is 15.0 Å². The molecule has 0 amide bonds. The normalized spacial score (nSPS) is 10.7. The number of para-hydroxylation sites is 1. The second-order valence-electron chi connectivity index (χ2n) is 5.06. The topological polar surface area (TPSA) is 143 Å². The molecular formula is C16H9N5O4S. The zero-order chi connectivity index (χ0) is 18.7. The number of fused-ring (bicyclic) bond motifs is 1. The van der Waals surface area contributed by atoms with Gasteiger partial charge in [-0.1, -0.05) is 35.4 Å². The second-order valence-corrected chi connectivity index (χ2v) is 6.57. The molecule has 0 aromatic heterocycles. The molecule has 0 saturated heterocycles. The minimum atomic E-state index is -4.33. The molecule has 3 rings (SSSR count). The highest BCUT2D eigenvalue weighted by atomic mass is 32.2. The van der Waals surface area contributed by atoms with Crippen LogP contribution in [0, 0.1) is 5.39 Å². The van der Waals surface area contributed by atoms with Gasteiger partial charge >= 0.3 is 15.8 Å². The van der Waals surface area contributed by atoms with Crippen molar-refractivity contribution in [1.82, 2.24) is 0 Å². The molecule has 0 radical (unpaired) electrons. The van der Waals surface area contributed by atoms with Gasteiger partial charge in [-0.05, 0) is 35.5 Å². The average molecular weight is 367 g/mol. The Morgan fingerprint density at radius 3 is 2.54 bits per heavy atom. The highest BCUT2D eigenvalue weighted by Crippen LogP contribution is 2.37. The van der Waals surface area contributed by atoms with Gasteiger partial charge in [0.05, 0.1) is 11.1 Å². The van der Waals surface area contributed by atoms with Gasteiger partial charge in [-0.15, -0.1) is 0 Å². The third kappa shape index (κ3) is 2.95. The maximum Gasteiger partial charge on any atom is 0.385 e. The van der Waals surface area contributed by atoms with Gasteiger partial charge in [-0.3, -0.25) is 0 Å². The molecule has 0 fully saturated rings. The van der Waals surface area contributed by atoms with Gasteiger partial charge in [0.2, 0.25) is 5.39 Å². The van der Waals surface area contributed by atoms with Crippen molar-refractivity contribution in [3.63, 3.8) is 0 Å². The van der Waals surface area contributed by atoms with E-state index < -0.39 is 15.9 Å². The monoisotopic (exact) mass is 367 g/mol. The Morgan fingerprint density at radius 2 is 1.81 bits per heavy atom. The van der Waals surface area contributed by atoms with Crippen molar-refractivity contribution in [2.75, 3.05) is 0 Å². The number of hydrogen-bond donors (Lipinski definition) is 0. The van der Waals surface area contributed by atoms with E-state index in [9.17, 15) is 13.5 Å². The van der Waals surface area contributed by atoms with Gasteiger partial charge < -0.3 is 9.29 Å². The van der Waals surface area contributed by atoms with Gasteiger partial charge in [0.15, 0.2) is 10.7 Å². The van der Waals surface area contributed by atoms with Crippen LogP contribution < -0.4 is 9.29 Å². The van der Waals surface area contributed by atoms with Crippen LogP contribution in [0.3, 0.4) is 0 Å². The summed E-state index contributed by atoms with van der Waals surface area (Å²) in [4.78, 5) is 5.34. The van der Waals surface area contributed by atoms with E-state index in [1.807, 2.05) is 0 Å². The Hall–Kier alpha value is -3.80. The molecule has 0 bridgehead atoms. The van der Waals surface area contributed by atoms with Gasteiger partial charge in [0, 0.05) is 10.3 Å². The van der Waals surface area contributed by atoms with Crippen LogP contribution in [0.25, 0.3) is 26.2 Å². The summed E-state index contributed by atoms with van der Waals surface area (Å²) in [7, 11) is -4.33. The number of nitrogens with zero attached hydrogens (tertiary/aromatic N) is 5. The number of benzene rings is 3. The Labute approximate surface area is 147 Å². The van der Waals surface area contributed by atoms with E-state index in [0.29, 0.717) is 0 Å². The molecule has 0 aliphatic heterocycles. The van der Waals surface area contributed by atoms with Crippen LogP contribution in [0.1, 0.15) is 0 Å². The zero-order valence-electron chi connectivity index (χ0n) is 13.0. The van der Waals surface area contributed by atoms with Crippen molar-refractivity contribution in [2.45, 2.75) is 4.90 Å². The summed E-state index contributed by atoms with van der Waals surface area (Å²) in [6, 6.07) is 12.4. The van der Waals surface area contributed by atoms with Crippen molar-refractivity contribution in [2.24, 2.45) is 5.11 Å². The molecule has 0 spiro atoms. The van der Waals surface area contributed by atoms with Crippen molar-refractivity contribution in [3.05, 3.63) is 70.0 Å². The SMILES string of the molecule is N#[N+]c1c([O-])ccc2c(S(=O)(=O)Oc3ccccc3N=[N+]=[N-])cccc12. The van der Waals surface area contributed by atoms with Crippen LogP contribution in [0.2, 0.25) is 0 Å². The van der Waals surface area contributed by atoms with Gasteiger partial charge in [0.1, 0.15) is 4.90 Å². The summed E-state index contributed by atoms with van der Waals surface area (Å²) < 4.78 is 30.6. The molecule has 0 aliphatic carbocycles. The van der Waals surface area contributed by atoms with Gasteiger partial charge in [0.25, 0.3) is 0 Å². The summed E-state index contributed by atoms with van der Waals surface area (Å²) in [5.74, 6) is -0.695. The first-order valence-corrected chi connectivity index (χ1v) is 8.55. The van der Waals surface area contributed by atoms with Crippen LogP contribution in [0.5, 0.6) is 11.5 Å². The summed E-state index contributed by atoms with van der Waals surface area (Å²) >= 11 is 0. The van der Waals surface area contributed by atoms with Gasteiger partial charge in [-0.25, -0.2) is 0 Å². The predicted molar refractivity (Wildman–Crippen MR) is 91.2 cm³/mol. The van der Waals surface area contributed by atoms with Crippen LogP contribution in [0.4, 0.5) is 11.4 Å². The summed E-state index contributed by atoms with van der Waals surface area (Å²) in [6.07, 6.45) is 0. The van der Waals surface area contributed by atoms with Crippen LogP contribution in [-0.2, 0) is 10.1 Å². The fraction of sp³-hybridized carbons (Fsp3) is 0. The maximum atomic E-state index is 12.7. The maximum absolute atomic E-state index is 12.7. The molecule has 10 heteroatoms. The van der Waals surface area contributed by atoms with Crippen LogP contribution >= 0.6 is 0 Å². The first-order chi connectivity index (χ1) is 12.5. The highest BCUT2D eigenvalue weighted by molar-refractivity contribution is 7.87. The van der Waals surface area contributed by atoms with Crippen molar-refractivity contribution >= 4 is 32.3 Å². The van der Waals surface area contributed by atoms with E-state index in [0.717, 1.165) is 6.07 Å². The van der Waals surface area contributed by atoms with Crippen LogP contribution in [0.15, 0.2) is 64.6 Å². The minimum absolute atomic E-state index is 0.00621. The largest absolute Gasteiger partial charge is 0.867 e. The molecule has 0 aliphatic rings. The second kappa shape index (κ2) is 6.60. The molecular weight excluding hydrogens is 358 g/mol. The standard InChI is InChI=1S/C16H9N5O4S/c17-19-16-11-4-3-7-15(10(11)8-9-13(16)22)26(23,24)25-14-6-2-1-5-12(14)20-21-18/h1-9H. The number of rotatable bonds is 4. The summed E-state index contributed by atoms with van der Waals surface area (Å²) in [5.41, 5.74) is 8.31. The van der Waals surface area contributed by atoms with Crippen molar-refractivity contribution in [1.29, 1.82) is 5.39 Å². The van der Waals surface area contributed by atoms with E-state index in [4.69, 9.17) is 15.1 Å². The molecule has 0 atom stereocenters. The molecule has 128 valence electrons. The smallest absolute Gasteiger partial charge is 0.385 e. The molecule has 9 nitrogen and oxygen atoms in total. The molecule has 0 N–H and O–H groups in total. The van der Waals surface area contributed by atoms with Gasteiger partial charge in [-0.2, -0.15) is 8.42 Å². The fourth-order valence-corrected chi connectivity index (χ4v) is 3.60.